The predicted molar refractivity (Wildman–Crippen MR) is 77.4 cm³/mol. The van der Waals surface area contributed by atoms with E-state index in [-0.39, 0.29) is 23.4 Å². The molecule has 6 nitrogen and oxygen atoms in total. The van der Waals surface area contributed by atoms with Gasteiger partial charge in [0.1, 0.15) is 41.0 Å². The van der Waals surface area contributed by atoms with Crippen molar-refractivity contribution in [2.24, 2.45) is 0 Å². The maximum Gasteiger partial charge on any atom is 0.433 e. The summed E-state index contributed by atoms with van der Waals surface area (Å²) in [5, 5.41) is 8.79. The van der Waals surface area contributed by atoms with Crippen molar-refractivity contribution in [2.75, 3.05) is 18.0 Å². The van der Waals surface area contributed by atoms with Gasteiger partial charge >= 0.3 is 6.18 Å². The Bertz CT molecular complexity index is 796. The van der Waals surface area contributed by atoms with Gasteiger partial charge in [-0.05, 0) is 13.0 Å². The van der Waals surface area contributed by atoms with Crippen LogP contribution >= 0.6 is 0 Å². The third kappa shape index (κ3) is 3.37. The molecule has 0 aliphatic carbocycles. The highest BCUT2D eigenvalue weighted by Gasteiger charge is 2.36. The predicted octanol–water partition coefficient (Wildman–Crippen LogP) is 2.34. The number of aryl methyl sites for hydroxylation is 1. The van der Waals surface area contributed by atoms with Gasteiger partial charge in [-0.25, -0.2) is 15.0 Å². The molecule has 2 aromatic rings. The highest BCUT2D eigenvalue weighted by molar-refractivity contribution is 5.44. The molecular weight excluding hydrogens is 323 g/mol. The Hall–Kier alpha value is -2.89. The smallest absolute Gasteiger partial charge is 0.433 e. The van der Waals surface area contributed by atoms with Crippen molar-refractivity contribution in [3.05, 3.63) is 41.6 Å². The summed E-state index contributed by atoms with van der Waals surface area (Å²) in [7, 11) is 0. The molecule has 1 aliphatic heterocycles. The molecule has 0 saturated carbocycles. The average molecular weight is 335 g/mol. The molecule has 0 unspecified atom stereocenters. The third-order valence-electron chi connectivity index (χ3n) is 3.44. The molecule has 3 rings (SSSR count). The summed E-state index contributed by atoms with van der Waals surface area (Å²) < 4.78 is 44.1. The lowest BCUT2D eigenvalue weighted by Crippen LogP contribution is -2.54. The largest absolute Gasteiger partial charge is 0.487 e. The Kier molecular flexibility index (Phi) is 3.97. The highest BCUT2D eigenvalue weighted by Crippen LogP contribution is 2.31. The van der Waals surface area contributed by atoms with Crippen LogP contribution in [-0.4, -0.2) is 34.1 Å². The van der Waals surface area contributed by atoms with Crippen LogP contribution < -0.4 is 9.64 Å². The minimum atomic E-state index is -4.51. The van der Waals surface area contributed by atoms with E-state index in [9.17, 15) is 13.2 Å². The quantitative estimate of drug-likeness (QED) is 0.857. The van der Waals surface area contributed by atoms with Crippen molar-refractivity contribution in [2.45, 2.75) is 19.2 Å². The van der Waals surface area contributed by atoms with E-state index in [1.165, 1.54) is 19.2 Å². The van der Waals surface area contributed by atoms with Gasteiger partial charge < -0.3 is 9.64 Å². The molecule has 1 fully saturated rings. The molecule has 0 N–H and O–H groups in total. The van der Waals surface area contributed by atoms with Gasteiger partial charge in [-0.1, -0.05) is 0 Å². The fourth-order valence-electron chi connectivity index (χ4n) is 2.30. The number of halogens is 3. The maximum atomic E-state index is 12.8. The Morgan fingerprint density at radius 3 is 2.71 bits per heavy atom. The van der Waals surface area contributed by atoms with Crippen molar-refractivity contribution >= 4 is 5.82 Å². The van der Waals surface area contributed by atoms with Crippen molar-refractivity contribution < 1.29 is 17.9 Å². The van der Waals surface area contributed by atoms with Crippen molar-refractivity contribution in [3.8, 4) is 11.8 Å². The fraction of sp³-hybridized carbons (Fsp3) is 0.333. The first-order chi connectivity index (χ1) is 11.3. The SMILES string of the molecule is Cc1nc(N2CC(Oc3ccnc(C#N)c3)C2)cc(C(F)(F)F)n1. The molecule has 3 heterocycles. The number of rotatable bonds is 3. The molecular formula is C15H12F3N5O. The summed E-state index contributed by atoms with van der Waals surface area (Å²) >= 11 is 0. The number of hydrogen-bond acceptors (Lipinski definition) is 6. The van der Waals surface area contributed by atoms with E-state index < -0.39 is 11.9 Å². The van der Waals surface area contributed by atoms with Gasteiger partial charge in [0.05, 0.1) is 13.1 Å². The molecule has 24 heavy (non-hydrogen) atoms. The number of ether oxygens (including phenoxy) is 1. The standard InChI is InChI=1S/C15H12F3N5O/c1-9-21-13(15(16,17)18)5-14(22-9)23-7-12(8-23)24-11-2-3-20-10(4-11)6-19/h2-5,12H,7-8H2,1H3. The van der Waals surface area contributed by atoms with Gasteiger partial charge in [0, 0.05) is 18.3 Å². The van der Waals surface area contributed by atoms with E-state index >= 15 is 0 Å². The Labute approximate surface area is 135 Å². The van der Waals surface area contributed by atoms with Gasteiger partial charge in [0.2, 0.25) is 0 Å². The molecule has 124 valence electrons. The minimum Gasteiger partial charge on any atom is -0.487 e. The van der Waals surface area contributed by atoms with E-state index in [4.69, 9.17) is 10.00 Å². The van der Waals surface area contributed by atoms with Crippen molar-refractivity contribution in [1.82, 2.24) is 15.0 Å². The van der Waals surface area contributed by atoms with Crippen LogP contribution in [0.5, 0.6) is 5.75 Å². The van der Waals surface area contributed by atoms with Gasteiger partial charge in [0.15, 0.2) is 0 Å². The lowest BCUT2D eigenvalue weighted by molar-refractivity contribution is -0.141. The second-order valence-electron chi connectivity index (χ2n) is 5.29. The number of alkyl halides is 3. The van der Waals surface area contributed by atoms with E-state index in [1.54, 1.807) is 11.0 Å². The Balaban J connectivity index is 1.66. The minimum absolute atomic E-state index is 0.0667. The van der Waals surface area contributed by atoms with Crippen molar-refractivity contribution in [3.63, 3.8) is 0 Å². The summed E-state index contributed by atoms with van der Waals surface area (Å²) in [6, 6.07) is 5.99. The van der Waals surface area contributed by atoms with Crippen LogP contribution in [0.3, 0.4) is 0 Å². The van der Waals surface area contributed by atoms with E-state index in [0.717, 1.165) is 6.07 Å². The maximum absolute atomic E-state index is 12.8. The van der Waals surface area contributed by atoms with Crippen LogP contribution in [0.15, 0.2) is 24.4 Å². The number of aromatic nitrogens is 3. The Morgan fingerprint density at radius 2 is 2.04 bits per heavy atom. The zero-order valence-corrected chi connectivity index (χ0v) is 12.6. The molecule has 1 saturated heterocycles. The second kappa shape index (κ2) is 5.96. The monoisotopic (exact) mass is 335 g/mol. The average Bonchev–Trinajstić information content (AvgIpc) is 2.49. The van der Waals surface area contributed by atoms with Gasteiger partial charge in [0.25, 0.3) is 0 Å². The topological polar surface area (TPSA) is 74.9 Å². The number of nitrogens with zero attached hydrogens (tertiary/aromatic N) is 5. The second-order valence-corrected chi connectivity index (χ2v) is 5.29. The van der Waals surface area contributed by atoms with Gasteiger partial charge in [-0.2, -0.15) is 18.4 Å². The summed E-state index contributed by atoms with van der Waals surface area (Å²) in [5.41, 5.74) is -0.716. The van der Waals surface area contributed by atoms with E-state index in [2.05, 4.69) is 15.0 Å². The summed E-state index contributed by atoms with van der Waals surface area (Å²) in [5.74, 6) is 0.792. The van der Waals surface area contributed by atoms with Crippen LogP contribution in [0, 0.1) is 18.3 Å². The first-order valence-electron chi connectivity index (χ1n) is 7.06. The molecule has 2 aromatic heterocycles. The van der Waals surface area contributed by atoms with Crippen LogP contribution in [0.2, 0.25) is 0 Å². The zero-order chi connectivity index (χ0) is 17.3. The molecule has 0 amide bonds. The van der Waals surface area contributed by atoms with Crippen LogP contribution in [-0.2, 0) is 6.18 Å². The molecule has 0 aromatic carbocycles. The summed E-state index contributed by atoms with van der Waals surface area (Å²) in [6.45, 7) is 2.23. The van der Waals surface area contributed by atoms with Crippen LogP contribution in [0.4, 0.5) is 19.0 Å². The molecule has 0 spiro atoms. The third-order valence-corrected chi connectivity index (χ3v) is 3.44. The van der Waals surface area contributed by atoms with Crippen molar-refractivity contribution in [1.29, 1.82) is 5.26 Å². The lowest BCUT2D eigenvalue weighted by Gasteiger charge is -2.39. The molecule has 1 aliphatic rings. The van der Waals surface area contributed by atoms with Gasteiger partial charge in [-0.3, -0.25) is 0 Å². The van der Waals surface area contributed by atoms with E-state index in [1.807, 2.05) is 6.07 Å². The normalized spacial score (nSPS) is 14.9. The molecule has 0 radical (unpaired) electrons. The first-order valence-corrected chi connectivity index (χ1v) is 7.06. The summed E-state index contributed by atoms with van der Waals surface area (Å²) in [4.78, 5) is 13.0. The number of hydrogen-bond donors (Lipinski definition) is 0. The van der Waals surface area contributed by atoms with Gasteiger partial charge in [-0.15, -0.1) is 0 Å². The Morgan fingerprint density at radius 1 is 1.29 bits per heavy atom. The highest BCUT2D eigenvalue weighted by atomic mass is 19.4. The molecule has 0 bridgehead atoms. The summed E-state index contributed by atoms with van der Waals surface area (Å²) in [6.07, 6.45) is -3.23. The fourth-order valence-corrected chi connectivity index (χ4v) is 2.30. The number of nitriles is 1. The lowest BCUT2D eigenvalue weighted by atomic mass is 10.1. The molecule has 0 atom stereocenters. The molecule has 9 heteroatoms. The van der Waals surface area contributed by atoms with Crippen LogP contribution in [0.1, 0.15) is 17.2 Å². The first kappa shape index (κ1) is 16.0. The van der Waals surface area contributed by atoms with Crippen LogP contribution in [0.25, 0.3) is 0 Å². The number of anilines is 1. The number of pyridine rings is 1. The van der Waals surface area contributed by atoms with E-state index in [0.29, 0.717) is 18.8 Å². The zero-order valence-electron chi connectivity index (χ0n) is 12.6.